The Bertz CT molecular complexity index is 1120. The average molecular weight is 367 g/mol. The third-order valence-corrected chi connectivity index (χ3v) is 6.02. The molecule has 3 aromatic rings. The molecule has 0 amide bonds. The number of fused-ring (bicyclic) bond motifs is 1. The van der Waals surface area contributed by atoms with Gasteiger partial charge in [0.25, 0.3) is 15.6 Å². The molecule has 2 heterocycles. The minimum absolute atomic E-state index is 0.0454. The predicted molar refractivity (Wildman–Crippen MR) is 90.8 cm³/mol. The van der Waals surface area contributed by atoms with Gasteiger partial charge in [0.15, 0.2) is 9.86 Å². The second-order valence-corrected chi connectivity index (χ2v) is 7.85. The van der Waals surface area contributed by atoms with Crippen LogP contribution in [0, 0.1) is 26.6 Å². The van der Waals surface area contributed by atoms with Crippen molar-refractivity contribution >= 4 is 32.0 Å². The summed E-state index contributed by atoms with van der Waals surface area (Å²) >= 11 is 1.26. The lowest BCUT2D eigenvalue weighted by Crippen LogP contribution is -2.28. The lowest BCUT2D eigenvalue weighted by molar-refractivity contribution is 0.597. The summed E-state index contributed by atoms with van der Waals surface area (Å²) in [7, 11) is -4.20. The van der Waals surface area contributed by atoms with Crippen LogP contribution in [0.3, 0.4) is 0 Å². The molecule has 0 bridgehead atoms. The van der Waals surface area contributed by atoms with Gasteiger partial charge in [0.05, 0.1) is 11.4 Å². The molecule has 0 aliphatic heterocycles. The first kappa shape index (κ1) is 16.6. The third kappa shape index (κ3) is 2.69. The summed E-state index contributed by atoms with van der Waals surface area (Å²) in [5.41, 5.74) is 0.471. The van der Waals surface area contributed by atoms with Gasteiger partial charge in [0.1, 0.15) is 5.82 Å². The molecule has 0 aliphatic carbocycles. The van der Waals surface area contributed by atoms with Crippen molar-refractivity contribution in [2.24, 2.45) is 0 Å². The number of sulfonamides is 1. The summed E-state index contributed by atoms with van der Waals surface area (Å²) in [5.74, 6) is -0.536. The zero-order valence-corrected chi connectivity index (χ0v) is 14.8. The Balaban J connectivity index is 2.16. The summed E-state index contributed by atoms with van der Waals surface area (Å²) in [6, 6.07) is 3.96. The Morgan fingerprint density at radius 2 is 1.96 bits per heavy atom. The molecule has 1 N–H and O–H groups in total. The Morgan fingerprint density at radius 3 is 2.62 bits per heavy atom. The number of aromatic nitrogens is 2. The SMILES string of the molecule is Cc1ccc(NS(=O)(=O)c2c(C)nc3scc(C)n3c2=O)cc1F. The van der Waals surface area contributed by atoms with Crippen molar-refractivity contribution in [3.05, 3.63) is 56.7 Å². The Kier molecular flexibility index (Phi) is 3.92. The van der Waals surface area contributed by atoms with Crippen LogP contribution in [0.4, 0.5) is 10.1 Å². The van der Waals surface area contributed by atoms with Crippen molar-refractivity contribution in [2.75, 3.05) is 4.72 Å². The molecule has 0 radical (unpaired) electrons. The van der Waals surface area contributed by atoms with Gasteiger partial charge >= 0.3 is 0 Å². The molecule has 126 valence electrons. The Morgan fingerprint density at radius 1 is 1.25 bits per heavy atom. The van der Waals surface area contributed by atoms with E-state index in [0.717, 1.165) is 6.07 Å². The minimum Gasteiger partial charge on any atom is -0.279 e. The van der Waals surface area contributed by atoms with Gasteiger partial charge in [0.2, 0.25) is 0 Å². The smallest absolute Gasteiger partial charge is 0.279 e. The number of benzene rings is 1. The molecule has 9 heteroatoms. The molecular formula is C15H14FN3O3S2. The fourth-order valence-corrected chi connectivity index (χ4v) is 4.54. The number of nitrogens with zero attached hydrogens (tertiary/aromatic N) is 2. The zero-order valence-electron chi connectivity index (χ0n) is 13.1. The molecule has 3 rings (SSSR count). The highest BCUT2D eigenvalue weighted by Crippen LogP contribution is 2.20. The number of rotatable bonds is 3. The highest BCUT2D eigenvalue weighted by molar-refractivity contribution is 7.92. The van der Waals surface area contributed by atoms with E-state index >= 15 is 0 Å². The second kappa shape index (κ2) is 5.67. The number of aryl methyl sites for hydroxylation is 3. The number of nitrogens with one attached hydrogen (secondary N) is 1. The summed E-state index contributed by atoms with van der Waals surface area (Å²) in [4.78, 5) is 16.8. The summed E-state index contributed by atoms with van der Waals surface area (Å²) in [5, 5.41) is 1.72. The minimum atomic E-state index is -4.20. The highest BCUT2D eigenvalue weighted by Gasteiger charge is 2.25. The Hall–Kier alpha value is -2.26. The van der Waals surface area contributed by atoms with E-state index in [1.54, 1.807) is 19.2 Å². The fraction of sp³-hybridized carbons (Fsp3) is 0.200. The van der Waals surface area contributed by atoms with Crippen LogP contribution in [-0.2, 0) is 10.0 Å². The molecule has 0 saturated carbocycles. The first-order valence-corrected chi connectivity index (χ1v) is 9.33. The summed E-state index contributed by atoms with van der Waals surface area (Å²) in [6.07, 6.45) is 0. The van der Waals surface area contributed by atoms with Crippen LogP contribution in [-0.4, -0.2) is 17.8 Å². The van der Waals surface area contributed by atoms with Crippen LogP contribution >= 0.6 is 11.3 Å². The van der Waals surface area contributed by atoms with E-state index in [2.05, 4.69) is 9.71 Å². The molecule has 0 spiro atoms. The van der Waals surface area contributed by atoms with Gasteiger partial charge in [-0.25, -0.2) is 17.8 Å². The number of hydrogen-bond acceptors (Lipinski definition) is 5. The number of anilines is 1. The van der Waals surface area contributed by atoms with Gasteiger partial charge in [-0.1, -0.05) is 6.07 Å². The monoisotopic (exact) mass is 367 g/mol. The normalized spacial score (nSPS) is 11.8. The van der Waals surface area contributed by atoms with Crippen molar-refractivity contribution in [3.8, 4) is 0 Å². The van der Waals surface area contributed by atoms with Gasteiger partial charge in [-0.2, -0.15) is 0 Å². The lowest BCUT2D eigenvalue weighted by Gasteiger charge is -2.10. The second-order valence-electron chi connectivity index (χ2n) is 5.40. The third-order valence-electron chi connectivity index (χ3n) is 3.56. The molecule has 2 aromatic heterocycles. The van der Waals surface area contributed by atoms with E-state index in [1.165, 1.54) is 34.8 Å². The van der Waals surface area contributed by atoms with Gasteiger partial charge in [0, 0.05) is 11.1 Å². The van der Waals surface area contributed by atoms with Crippen molar-refractivity contribution in [3.63, 3.8) is 0 Å². The average Bonchev–Trinajstić information content (AvgIpc) is 2.83. The summed E-state index contributed by atoms with van der Waals surface area (Å²) in [6.45, 7) is 4.73. The van der Waals surface area contributed by atoms with E-state index in [0.29, 0.717) is 16.2 Å². The maximum atomic E-state index is 13.6. The van der Waals surface area contributed by atoms with E-state index in [4.69, 9.17) is 0 Å². The van der Waals surface area contributed by atoms with Gasteiger partial charge in [-0.3, -0.25) is 13.9 Å². The van der Waals surface area contributed by atoms with Crippen molar-refractivity contribution < 1.29 is 12.8 Å². The van der Waals surface area contributed by atoms with Crippen LogP contribution in [0.1, 0.15) is 17.0 Å². The van der Waals surface area contributed by atoms with Crippen molar-refractivity contribution in [1.82, 2.24) is 9.38 Å². The Labute approximate surface area is 141 Å². The zero-order chi connectivity index (χ0) is 17.6. The topological polar surface area (TPSA) is 80.5 Å². The van der Waals surface area contributed by atoms with Gasteiger partial charge in [-0.15, -0.1) is 11.3 Å². The molecular weight excluding hydrogens is 353 g/mol. The molecule has 0 saturated heterocycles. The van der Waals surface area contributed by atoms with E-state index < -0.39 is 26.3 Å². The molecule has 1 aromatic carbocycles. The first-order valence-electron chi connectivity index (χ1n) is 6.97. The fourth-order valence-electron chi connectivity index (χ4n) is 2.34. The van der Waals surface area contributed by atoms with Crippen LogP contribution in [0.2, 0.25) is 0 Å². The van der Waals surface area contributed by atoms with Crippen LogP contribution in [0.5, 0.6) is 0 Å². The molecule has 0 atom stereocenters. The van der Waals surface area contributed by atoms with Crippen molar-refractivity contribution in [1.29, 1.82) is 0 Å². The maximum Gasteiger partial charge on any atom is 0.279 e. The highest BCUT2D eigenvalue weighted by atomic mass is 32.2. The van der Waals surface area contributed by atoms with Gasteiger partial charge < -0.3 is 0 Å². The van der Waals surface area contributed by atoms with E-state index in [1.807, 2.05) is 0 Å². The molecule has 24 heavy (non-hydrogen) atoms. The van der Waals surface area contributed by atoms with Crippen molar-refractivity contribution in [2.45, 2.75) is 25.7 Å². The lowest BCUT2D eigenvalue weighted by atomic mass is 10.2. The standard InChI is InChI=1S/C15H14FN3O3S2/c1-8-4-5-11(6-12(8)16)18-24(21,22)13-10(3)17-15-19(14(13)20)9(2)7-23-15/h4-7,18H,1-3H3. The molecule has 0 fully saturated rings. The quantitative estimate of drug-likeness (QED) is 0.772. The summed E-state index contributed by atoms with van der Waals surface area (Å²) < 4.78 is 42.4. The van der Waals surface area contributed by atoms with E-state index in [-0.39, 0.29) is 11.4 Å². The number of hydrogen-bond donors (Lipinski definition) is 1. The van der Waals surface area contributed by atoms with E-state index in [9.17, 15) is 17.6 Å². The number of thiazole rings is 1. The first-order chi connectivity index (χ1) is 11.2. The van der Waals surface area contributed by atoms with Crippen LogP contribution in [0.25, 0.3) is 4.96 Å². The molecule has 0 unspecified atom stereocenters. The predicted octanol–water partition coefficient (Wildman–Crippen LogP) is 2.62. The largest absolute Gasteiger partial charge is 0.279 e. The molecule has 0 aliphatic rings. The van der Waals surface area contributed by atoms with Crippen LogP contribution in [0.15, 0.2) is 33.3 Å². The maximum absolute atomic E-state index is 13.6. The number of halogens is 1. The van der Waals surface area contributed by atoms with Gasteiger partial charge in [-0.05, 0) is 38.5 Å². The van der Waals surface area contributed by atoms with Crippen LogP contribution < -0.4 is 10.3 Å². The molecule has 6 nitrogen and oxygen atoms in total.